The number of rotatable bonds is 4. The molecule has 0 spiro atoms. The Hall–Kier alpha value is -2.52. The minimum atomic E-state index is -0.672. The normalized spacial score (nSPS) is 17.3. The van der Waals surface area contributed by atoms with Gasteiger partial charge in [0.1, 0.15) is 5.75 Å². The topological polar surface area (TPSA) is 32.7 Å². The van der Waals surface area contributed by atoms with Crippen molar-refractivity contribution in [3.05, 3.63) is 77.5 Å². The number of hydrogen-bond acceptors (Lipinski definition) is 3. The van der Waals surface area contributed by atoms with Crippen LogP contribution >= 0.6 is 0 Å². The van der Waals surface area contributed by atoms with E-state index in [1.165, 1.54) is 0 Å². The van der Waals surface area contributed by atoms with Gasteiger partial charge in [0.05, 0.1) is 6.61 Å². The number of nitrogens with zero attached hydrogens (tertiary/aromatic N) is 1. The maximum absolute atomic E-state index is 10.5. The third-order valence-electron chi connectivity index (χ3n) is 4.22. The number of hydrogen-bond donors (Lipinski definition) is 1. The van der Waals surface area contributed by atoms with Crippen molar-refractivity contribution in [2.24, 2.45) is 0 Å². The summed E-state index contributed by atoms with van der Waals surface area (Å²) >= 11 is 0. The van der Waals surface area contributed by atoms with Crippen molar-refractivity contribution in [3.63, 3.8) is 0 Å². The molecule has 3 heteroatoms. The van der Waals surface area contributed by atoms with Gasteiger partial charge >= 0.3 is 0 Å². The average molecular weight is 321 g/mol. The molecule has 0 bridgehead atoms. The first-order valence-electron chi connectivity index (χ1n) is 8.26. The van der Waals surface area contributed by atoms with Crippen LogP contribution in [0.15, 0.2) is 66.4 Å². The first-order valence-corrected chi connectivity index (χ1v) is 8.26. The zero-order valence-corrected chi connectivity index (χ0v) is 14.4. The maximum Gasteiger partial charge on any atom is 0.150 e. The van der Waals surface area contributed by atoms with Gasteiger partial charge in [-0.3, -0.25) is 0 Å². The molecule has 1 heterocycles. The van der Waals surface area contributed by atoms with Crippen LogP contribution < -0.4 is 9.64 Å². The Morgan fingerprint density at radius 2 is 1.83 bits per heavy atom. The largest absolute Gasteiger partial charge is 0.494 e. The highest BCUT2D eigenvalue weighted by Crippen LogP contribution is 2.33. The van der Waals surface area contributed by atoms with Gasteiger partial charge in [-0.25, -0.2) is 0 Å². The molecule has 0 saturated carbocycles. The van der Waals surface area contributed by atoms with E-state index in [4.69, 9.17) is 4.74 Å². The maximum atomic E-state index is 10.5. The van der Waals surface area contributed by atoms with E-state index >= 15 is 0 Å². The monoisotopic (exact) mass is 321 g/mol. The van der Waals surface area contributed by atoms with Crippen molar-refractivity contribution >= 4 is 11.3 Å². The van der Waals surface area contributed by atoms with Crippen molar-refractivity contribution in [3.8, 4) is 5.75 Å². The summed E-state index contributed by atoms with van der Waals surface area (Å²) in [6, 6.07) is 16.2. The Morgan fingerprint density at radius 1 is 1.08 bits per heavy atom. The van der Waals surface area contributed by atoms with Crippen LogP contribution in [0.1, 0.15) is 25.0 Å². The van der Waals surface area contributed by atoms with Gasteiger partial charge in [-0.2, -0.15) is 0 Å². The van der Waals surface area contributed by atoms with Crippen molar-refractivity contribution < 1.29 is 9.84 Å². The van der Waals surface area contributed by atoms with Gasteiger partial charge in [0.15, 0.2) is 6.23 Å². The Morgan fingerprint density at radius 3 is 2.50 bits per heavy atom. The van der Waals surface area contributed by atoms with E-state index in [9.17, 15) is 5.11 Å². The first-order chi connectivity index (χ1) is 11.6. The Labute approximate surface area is 143 Å². The van der Waals surface area contributed by atoms with Crippen LogP contribution in [0.5, 0.6) is 5.75 Å². The lowest BCUT2D eigenvalue weighted by Crippen LogP contribution is -2.32. The minimum absolute atomic E-state index is 0.644. The molecule has 0 aliphatic carbocycles. The molecule has 0 saturated heterocycles. The zero-order chi connectivity index (χ0) is 17.1. The molecule has 0 amide bonds. The van der Waals surface area contributed by atoms with E-state index in [2.05, 4.69) is 12.1 Å². The lowest BCUT2D eigenvalue weighted by Gasteiger charge is -2.31. The third kappa shape index (κ3) is 3.22. The Kier molecular flexibility index (Phi) is 4.72. The SMILES string of the molecule is CCOc1ccc(N2C=C(c3ccccc3)C(C)=CC2O)c(C)c1. The van der Waals surface area contributed by atoms with Crippen molar-refractivity contribution in [2.45, 2.75) is 27.0 Å². The fourth-order valence-electron chi connectivity index (χ4n) is 3.02. The van der Waals surface area contributed by atoms with Gasteiger partial charge in [0.25, 0.3) is 0 Å². The summed E-state index contributed by atoms with van der Waals surface area (Å²) in [5.41, 5.74) is 5.38. The fourth-order valence-corrected chi connectivity index (χ4v) is 3.02. The molecule has 2 aromatic carbocycles. The second-order valence-electron chi connectivity index (χ2n) is 5.96. The summed E-state index contributed by atoms with van der Waals surface area (Å²) in [6.07, 6.45) is 3.24. The molecule has 1 N–H and O–H groups in total. The number of anilines is 1. The van der Waals surface area contributed by atoms with Crippen LogP contribution in [0.2, 0.25) is 0 Å². The summed E-state index contributed by atoms with van der Waals surface area (Å²) in [5, 5.41) is 10.5. The summed E-state index contributed by atoms with van der Waals surface area (Å²) in [5.74, 6) is 0.851. The molecule has 1 aliphatic rings. The number of aryl methyl sites for hydroxylation is 1. The highest BCUT2D eigenvalue weighted by atomic mass is 16.5. The average Bonchev–Trinajstić information content (AvgIpc) is 2.57. The third-order valence-corrected chi connectivity index (χ3v) is 4.22. The van der Waals surface area contributed by atoms with E-state index in [0.717, 1.165) is 33.7 Å². The van der Waals surface area contributed by atoms with Crippen LogP contribution in [-0.2, 0) is 0 Å². The summed E-state index contributed by atoms with van der Waals surface area (Å²) < 4.78 is 5.55. The van der Waals surface area contributed by atoms with Crippen molar-refractivity contribution in [2.75, 3.05) is 11.5 Å². The van der Waals surface area contributed by atoms with Crippen LogP contribution in [0, 0.1) is 6.92 Å². The Balaban J connectivity index is 2.00. The Bertz CT molecular complexity index is 778. The molecule has 2 aromatic rings. The van der Waals surface area contributed by atoms with Crippen molar-refractivity contribution in [1.82, 2.24) is 0 Å². The van der Waals surface area contributed by atoms with E-state index in [0.29, 0.717) is 6.61 Å². The number of ether oxygens (including phenoxy) is 1. The first kappa shape index (κ1) is 16.3. The van der Waals surface area contributed by atoms with Gasteiger partial charge in [0.2, 0.25) is 0 Å². The molecule has 124 valence electrons. The second kappa shape index (κ2) is 6.93. The van der Waals surface area contributed by atoms with Gasteiger partial charge in [-0.15, -0.1) is 0 Å². The van der Waals surface area contributed by atoms with E-state index in [-0.39, 0.29) is 0 Å². The molecule has 1 unspecified atom stereocenters. The molecule has 0 aromatic heterocycles. The molecule has 3 rings (SSSR count). The summed E-state index contributed by atoms with van der Waals surface area (Å²) in [4.78, 5) is 1.90. The van der Waals surface area contributed by atoms with Crippen LogP contribution in [0.25, 0.3) is 5.57 Å². The second-order valence-corrected chi connectivity index (χ2v) is 5.96. The predicted molar refractivity (Wildman–Crippen MR) is 99.0 cm³/mol. The molecular weight excluding hydrogens is 298 g/mol. The summed E-state index contributed by atoms with van der Waals surface area (Å²) in [6.45, 7) is 6.68. The number of aliphatic hydroxyl groups is 1. The van der Waals surface area contributed by atoms with Crippen LogP contribution in [0.3, 0.4) is 0 Å². The predicted octanol–water partition coefficient (Wildman–Crippen LogP) is 4.52. The highest BCUT2D eigenvalue weighted by Gasteiger charge is 2.21. The number of benzene rings is 2. The van der Waals surface area contributed by atoms with Gasteiger partial charge in [-0.05, 0) is 61.7 Å². The molecule has 0 radical (unpaired) electrons. The molecule has 24 heavy (non-hydrogen) atoms. The van der Waals surface area contributed by atoms with E-state index in [1.807, 2.05) is 74.3 Å². The van der Waals surface area contributed by atoms with Gasteiger partial charge in [0, 0.05) is 17.5 Å². The standard InChI is InChI=1S/C21H23NO2/c1-4-24-18-10-11-20(16(3)12-18)22-14-19(15(2)13-21(22)23)17-8-6-5-7-9-17/h5-14,21,23H,4H2,1-3H3. The van der Waals surface area contributed by atoms with Crippen molar-refractivity contribution in [1.29, 1.82) is 0 Å². The van der Waals surface area contributed by atoms with Gasteiger partial charge < -0.3 is 14.7 Å². The van der Waals surface area contributed by atoms with Gasteiger partial charge in [-0.1, -0.05) is 30.3 Å². The molecule has 1 atom stereocenters. The number of allylic oxidation sites excluding steroid dienone is 2. The highest BCUT2D eigenvalue weighted by molar-refractivity contribution is 5.82. The van der Waals surface area contributed by atoms with Crippen LogP contribution in [0.4, 0.5) is 5.69 Å². The van der Waals surface area contributed by atoms with Crippen LogP contribution in [-0.4, -0.2) is 17.9 Å². The zero-order valence-electron chi connectivity index (χ0n) is 14.4. The molecular formula is C21H23NO2. The molecule has 3 nitrogen and oxygen atoms in total. The summed E-state index contributed by atoms with van der Waals surface area (Å²) in [7, 11) is 0. The van der Waals surface area contributed by atoms with E-state index in [1.54, 1.807) is 0 Å². The fraction of sp³-hybridized carbons (Fsp3) is 0.238. The molecule has 0 fully saturated rings. The smallest absolute Gasteiger partial charge is 0.150 e. The van der Waals surface area contributed by atoms with E-state index < -0.39 is 6.23 Å². The minimum Gasteiger partial charge on any atom is -0.494 e. The lowest BCUT2D eigenvalue weighted by molar-refractivity contribution is 0.226. The number of aliphatic hydroxyl groups excluding tert-OH is 1. The quantitative estimate of drug-likeness (QED) is 0.898. The lowest BCUT2D eigenvalue weighted by atomic mass is 9.96. The molecule has 1 aliphatic heterocycles.